The monoisotopic (exact) mass is 1170 g/mol. The number of unbranched alkanes of at least 4 members (excludes halogenated alkanes) is 28. The first-order chi connectivity index (χ1) is 40.2. The predicted octanol–water partition coefficient (Wildman–Crippen LogP) is 20.4. The number of allylic oxidation sites excluding steroid dienone is 16. The third-order valence-corrected chi connectivity index (χ3v) is 14.9. The van der Waals surface area contributed by atoms with Crippen LogP contribution < -0.4 is 0 Å². The number of carbonyl (C=O) groups excluding carboxylic acids is 3. The Kier molecular flexibility index (Phi) is 60.6. The fourth-order valence-corrected chi connectivity index (χ4v) is 9.72. The number of hydrogen-bond acceptors (Lipinski definition) is 10. The van der Waals surface area contributed by atoms with E-state index in [2.05, 4.69) is 118 Å². The number of carbonyl (C=O) groups is 3. The van der Waals surface area contributed by atoms with Crippen molar-refractivity contribution in [3.05, 3.63) is 97.2 Å². The van der Waals surface area contributed by atoms with Gasteiger partial charge >= 0.3 is 25.7 Å². The fourth-order valence-electron chi connectivity index (χ4n) is 8.94. The molecular formula is C70H121O11P. The van der Waals surface area contributed by atoms with E-state index in [1.807, 2.05) is 0 Å². The van der Waals surface area contributed by atoms with Gasteiger partial charge in [-0.3, -0.25) is 23.4 Å². The van der Waals surface area contributed by atoms with Crippen molar-refractivity contribution in [1.29, 1.82) is 0 Å². The van der Waals surface area contributed by atoms with E-state index < -0.39 is 57.8 Å². The number of hydrogen-bond donors (Lipinski definition) is 2. The summed E-state index contributed by atoms with van der Waals surface area (Å²) >= 11 is 0. The Labute approximate surface area is 502 Å². The summed E-state index contributed by atoms with van der Waals surface area (Å²) in [6.07, 6.45) is 76.3. The van der Waals surface area contributed by atoms with Crippen LogP contribution in [0.5, 0.6) is 0 Å². The summed E-state index contributed by atoms with van der Waals surface area (Å²) in [4.78, 5) is 48.8. The van der Waals surface area contributed by atoms with E-state index in [9.17, 15) is 28.9 Å². The van der Waals surface area contributed by atoms with Crippen molar-refractivity contribution in [3.63, 3.8) is 0 Å². The van der Waals surface area contributed by atoms with E-state index in [1.54, 1.807) is 0 Å². The fraction of sp³-hybridized carbons (Fsp3) is 0.729. The maximum absolute atomic E-state index is 13.0. The van der Waals surface area contributed by atoms with Crippen molar-refractivity contribution in [2.24, 2.45) is 0 Å². The Morgan fingerprint density at radius 1 is 0.354 bits per heavy atom. The highest BCUT2D eigenvalue weighted by Crippen LogP contribution is 2.43. The quantitative estimate of drug-likeness (QED) is 0.0197. The molecule has 0 fully saturated rings. The van der Waals surface area contributed by atoms with Gasteiger partial charge < -0.3 is 24.2 Å². The second kappa shape index (κ2) is 63.4. The average Bonchev–Trinajstić information content (AvgIpc) is 3.47. The molecule has 0 aromatic heterocycles. The van der Waals surface area contributed by atoms with E-state index in [0.29, 0.717) is 19.3 Å². The van der Waals surface area contributed by atoms with E-state index in [1.165, 1.54) is 116 Å². The van der Waals surface area contributed by atoms with Gasteiger partial charge in [-0.25, -0.2) is 4.57 Å². The zero-order chi connectivity index (χ0) is 59.8. The minimum Gasteiger partial charge on any atom is -0.462 e. The summed E-state index contributed by atoms with van der Waals surface area (Å²) in [5.41, 5.74) is 0. The van der Waals surface area contributed by atoms with Crippen LogP contribution in [0.3, 0.4) is 0 Å². The number of aliphatic hydroxyl groups is 1. The number of phosphoric acid groups is 1. The molecular weight excluding hydrogens is 1050 g/mol. The van der Waals surface area contributed by atoms with Gasteiger partial charge in [-0.15, -0.1) is 0 Å². The van der Waals surface area contributed by atoms with Crippen LogP contribution in [-0.2, 0) is 42.2 Å². The van der Waals surface area contributed by atoms with Crippen LogP contribution in [0.2, 0.25) is 0 Å². The molecule has 0 saturated heterocycles. The van der Waals surface area contributed by atoms with Gasteiger partial charge in [0.05, 0.1) is 19.8 Å². The smallest absolute Gasteiger partial charge is 0.462 e. The van der Waals surface area contributed by atoms with Crippen molar-refractivity contribution in [1.82, 2.24) is 0 Å². The zero-order valence-corrected chi connectivity index (χ0v) is 53.3. The minimum atomic E-state index is -4.77. The zero-order valence-electron chi connectivity index (χ0n) is 52.4. The molecule has 0 rings (SSSR count). The number of phosphoric ester groups is 1. The number of rotatable bonds is 61. The first-order valence-electron chi connectivity index (χ1n) is 33.1. The lowest BCUT2D eigenvalue weighted by atomic mass is 10.1. The molecule has 82 heavy (non-hydrogen) atoms. The van der Waals surface area contributed by atoms with Crippen molar-refractivity contribution < 1.29 is 52.2 Å². The standard InChI is InChI=1S/C70H121O11P/c1-4-7-10-13-16-19-22-25-28-31-33-36-39-42-45-48-51-54-57-60-69(73)80-66(62-71)64-78-82(75,76)79-65-67(63-77-68(72)59-56-53-50-47-44-41-38-35-30-27-24-21-18-15-12-9-6-3)81-70(74)61-58-55-52-49-46-43-40-37-34-32-29-26-23-20-17-14-11-8-5-2/h9,12,16-21,25-30,38,41,66-67,71H,4-8,10-11,13-15,22-24,31-37,39-40,42-65H2,1-3H3,(H,75,76)/b12-9-,19-16-,20-17-,21-18-,28-25-,29-26-,30-27-,41-38-. The Morgan fingerprint density at radius 3 is 0.976 bits per heavy atom. The van der Waals surface area contributed by atoms with Crippen LogP contribution in [0.25, 0.3) is 0 Å². The predicted molar refractivity (Wildman–Crippen MR) is 344 cm³/mol. The maximum Gasteiger partial charge on any atom is 0.472 e. The molecule has 0 aliphatic rings. The van der Waals surface area contributed by atoms with Crippen molar-refractivity contribution in [2.75, 3.05) is 26.4 Å². The van der Waals surface area contributed by atoms with Gasteiger partial charge in [0.25, 0.3) is 0 Å². The molecule has 0 heterocycles. The van der Waals surface area contributed by atoms with E-state index in [0.717, 1.165) is 116 Å². The van der Waals surface area contributed by atoms with E-state index in [4.69, 9.17) is 23.3 Å². The van der Waals surface area contributed by atoms with Crippen LogP contribution in [0.15, 0.2) is 97.2 Å². The highest BCUT2D eigenvalue weighted by Gasteiger charge is 2.28. The average molecular weight is 1170 g/mol. The molecule has 0 radical (unpaired) electrons. The molecule has 12 heteroatoms. The first kappa shape index (κ1) is 78.4. The van der Waals surface area contributed by atoms with Crippen molar-refractivity contribution >= 4 is 25.7 Å². The van der Waals surface area contributed by atoms with Gasteiger partial charge in [-0.05, 0) is 122 Å². The molecule has 0 aliphatic carbocycles. The SMILES string of the molecule is CC/C=C\C/C=C\C/C=C\C/C=C\CCCCCCC(=O)OCC(COP(=O)(O)OCC(CO)OC(=O)CCCCCCCCCCC/C=C\C/C=C\CCCCC)OC(=O)CCCCCCCCCCC/C=C\C/C=C\CCCCC. The van der Waals surface area contributed by atoms with Gasteiger partial charge in [0, 0.05) is 19.3 Å². The van der Waals surface area contributed by atoms with Crippen LogP contribution in [0.4, 0.5) is 0 Å². The molecule has 3 atom stereocenters. The minimum absolute atomic E-state index is 0.154. The Morgan fingerprint density at radius 2 is 0.634 bits per heavy atom. The Bertz CT molecular complexity index is 1750. The second-order valence-electron chi connectivity index (χ2n) is 21.9. The van der Waals surface area contributed by atoms with Gasteiger partial charge in [-0.1, -0.05) is 246 Å². The molecule has 0 aromatic carbocycles. The highest BCUT2D eigenvalue weighted by atomic mass is 31.2. The summed E-state index contributed by atoms with van der Waals surface area (Å²) in [6, 6.07) is 0. The molecule has 0 amide bonds. The molecule has 11 nitrogen and oxygen atoms in total. The summed E-state index contributed by atoms with van der Waals surface area (Å²) in [7, 11) is -4.77. The second-order valence-corrected chi connectivity index (χ2v) is 23.3. The summed E-state index contributed by atoms with van der Waals surface area (Å²) in [6.45, 7) is 4.48. The lowest BCUT2D eigenvalue weighted by Gasteiger charge is -2.21. The van der Waals surface area contributed by atoms with Gasteiger partial charge in [0.2, 0.25) is 0 Å². The van der Waals surface area contributed by atoms with Crippen molar-refractivity contribution in [3.8, 4) is 0 Å². The van der Waals surface area contributed by atoms with Crippen molar-refractivity contribution in [2.45, 2.75) is 303 Å². The molecule has 0 aliphatic heterocycles. The molecule has 3 unspecified atom stereocenters. The summed E-state index contributed by atoms with van der Waals surface area (Å²) in [5, 5.41) is 9.87. The molecule has 2 N–H and O–H groups in total. The highest BCUT2D eigenvalue weighted by molar-refractivity contribution is 7.47. The maximum atomic E-state index is 13.0. The third kappa shape index (κ3) is 61.0. The van der Waals surface area contributed by atoms with Gasteiger partial charge in [0.1, 0.15) is 12.7 Å². The molecule has 472 valence electrons. The van der Waals surface area contributed by atoms with E-state index >= 15 is 0 Å². The normalized spacial score (nSPS) is 13.9. The molecule has 0 spiro atoms. The van der Waals surface area contributed by atoms with Crippen LogP contribution >= 0.6 is 7.82 Å². The molecule has 0 saturated carbocycles. The largest absolute Gasteiger partial charge is 0.472 e. The van der Waals surface area contributed by atoms with Crippen LogP contribution in [0, 0.1) is 0 Å². The number of esters is 3. The molecule has 0 aromatic rings. The lowest BCUT2D eigenvalue weighted by Crippen LogP contribution is -2.30. The lowest BCUT2D eigenvalue weighted by molar-refractivity contribution is -0.161. The summed E-state index contributed by atoms with van der Waals surface area (Å²) < 4.78 is 39.7. The Balaban J connectivity index is 4.72. The van der Waals surface area contributed by atoms with Gasteiger partial charge in [-0.2, -0.15) is 0 Å². The van der Waals surface area contributed by atoms with Gasteiger partial charge in [0.15, 0.2) is 6.10 Å². The topological polar surface area (TPSA) is 155 Å². The Hall–Kier alpha value is -3.60. The number of ether oxygens (including phenoxy) is 3. The summed E-state index contributed by atoms with van der Waals surface area (Å²) in [5.74, 6) is -1.50. The molecule has 0 bridgehead atoms. The van der Waals surface area contributed by atoms with Crippen LogP contribution in [-0.4, -0.2) is 66.5 Å². The van der Waals surface area contributed by atoms with Crippen LogP contribution in [0.1, 0.15) is 290 Å². The number of aliphatic hydroxyl groups excluding tert-OH is 1. The first-order valence-corrected chi connectivity index (χ1v) is 34.6. The van der Waals surface area contributed by atoms with E-state index in [-0.39, 0.29) is 25.9 Å². The third-order valence-electron chi connectivity index (χ3n) is 14.0.